The van der Waals surface area contributed by atoms with Crippen molar-refractivity contribution in [3.05, 3.63) is 47.9 Å². The van der Waals surface area contributed by atoms with Crippen molar-refractivity contribution in [3.63, 3.8) is 0 Å². The molecular formula is C24H26N6O4. The van der Waals surface area contributed by atoms with Crippen LogP contribution in [0.1, 0.15) is 34.8 Å². The van der Waals surface area contributed by atoms with Crippen LogP contribution in [0.5, 0.6) is 11.5 Å². The van der Waals surface area contributed by atoms with Gasteiger partial charge in [0.2, 0.25) is 6.79 Å². The molecule has 10 heteroatoms. The molecule has 0 bridgehead atoms. The smallest absolute Gasteiger partial charge is 0.254 e. The zero-order valence-corrected chi connectivity index (χ0v) is 18.8. The van der Waals surface area contributed by atoms with Gasteiger partial charge in [-0.2, -0.15) is 5.10 Å². The topological polar surface area (TPSA) is 104 Å². The summed E-state index contributed by atoms with van der Waals surface area (Å²) in [5.41, 5.74) is 3.12. The lowest BCUT2D eigenvalue weighted by atomic mass is 10.1. The molecule has 1 aromatic carbocycles. The minimum Gasteiger partial charge on any atom is -0.454 e. The number of benzene rings is 1. The van der Waals surface area contributed by atoms with Gasteiger partial charge in [0.05, 0.1) is 36.4 Å². The van der Waals surface area contributed by atoms with E-state index in [1.807, 2.05) is 24.3 Å². The van der Waals surface area contributed by atoms with E-state index in [1.54, 1.807) is 17.1 Å². The molecular weight excluding hydrogens is 436 g/mol. The molecule has 0 radical (unpaired) electrons. The number of hydrogen-bond donors (Lipinski definition) is 1. The molecule has 1 N–H and O–H groups in total. The summed E-state index contributed by atoms with van der Waals surface area (Å²) in [4.78, 5) is 24.5. The van der Waals surface area contributed by atoms with E-state index in [2.05, 4.69) is 20.3 Å². The van der Waals surface area contributed by atoms with Gasteiger partial charge in [-0.3, -0.25) is 9.69 Å². The van der Waals surface area contributed by atoms with Gasteiger partial charge in [0.15, 0.2) is 11.5 Å². The standard InChI is InChI=1S/C24H26N6O4/c31-23(25-7-8-29-9-11-32-12-10-29)18-14-27-30(22(18)16-1-2-16)24-26-6-5-19(28-24)17-3-4-20-21(13-17)34-15-33-20/h3-6,13-14,16H,1-2,7-12,15H2,(H,25,31). The fourth-order valence-electron chi connectivity index (χ4n) is 4.36. The second-order valence-electron chi connectivity index (χ2n) is 8.65. The fraction of sp³-hybridized carbons (Fsp3) is 0.417. The van der Waals surface area contributed by atoms with Crippen LogP contribution >= 0.6 is 0 Å². The molecule has 2 aromatic heterocycles. The van der Waals surface area contributed by atoms with Gasteiger partial charge >= 0.3 is 0 Å². The molecule has 2 aliphatic heterocycles. The molecule has 1 saturated heterocycles. The van der Waals surface area contributed by atoms with Gasteiger partial charge in [-0.25, -0.2) is 14.6 Å². The zero-order chi connectivity index (χ0) is 22.9. The van der Waals surface area contributed by atoms with Gasteiger partial charge in [-0.05, 0) is 37.1 Å². The van der Waals surface area contributed by atoms with Crippen LogP contribution in [0.15, 0.2) is 36.7 Å². The highest BCUT2D eigenvalue weighted by Gasteiger charge is 2.33. The van der Waals surface area contributed by atoms with Gasteiger partial charge in [-0.1, -0.05) is 0 Å². The van der Waals surface area contributed by atoms with Crippen LogP contribution in [0, 0.1) is 0 Å². The van der Waals surface area contributed by atoms with E-state index in [1.165, 1.54) is 0 Å². The van der Waals surface area contributed by atoms with E-state index in [-0.39, 0.29) is 12.7 Å². The number of carbonyl (C=O) groups is 1. The number of morpholine rings is 1. The first-order valence-corrected chi connectivity index (χ1v) is 11.7. The van der Waals surface area contributed by atoms with E-state index in [4.69, 9.17) is 19.2 Å². The monoisotopic (exact) mass is 462 g/mol. The van der Waals surface area contributed by atoms with Crippen molar-refractivity contribution >= 4 is 5.91 Å². The number of ether oxygens (including phenoxy) is 3. The number of aromatic nitrogens is 4. The first-order valence-electron chi connectivity index (χ1n) is 11.7. The van der Waals surface area contributed by atoms with Crippen molar-refractivity contribution < 1.29 is 19.0 Å². The summed E-state index contributed by atoms with van der Waals surface area (Å²) in [6.07, 6.45) is 5.40. The van der Waals surface area contributed by atoms with Crippen LogP contribution in [0.25, 0.3) is 17.2 Å². The molecule has 1 aliphatic carbocycles. The Morgan fingerprint density at radius 1 is 1.12 bits per heavy atom. The molecule has 34 heavy (non-hydrogen) atoms. The van der Waals surface area contributed by atoms with Crippen LogP contribution in [0.4, 0.5) is 0 Å². The van der Waals surface area contributed by atoms with Gasteiger partial charge < -0.3 is 19.5 Å². The summed E-state index contributed by atoms with van der Waals surface area (Å²) in [5.74, 6) is 2.06. The van der Waals surface area contributed by atoms with Crippen molar-refractivity contribution in [2.24, 2.45) is 0 Å². The van der Waals surface area contributed by atoms with Crippen molar-refractivity contribution in [1.29, 1.82) is 0 Å². The third-order valence-electron chi connectivity index (χ3n) is 6.33. The first-order chi connectivity index (χ1) is 16.8. The highest BCUT2D eigenvalue weighted by molar-refractivity contribution is 5.95. The van der Waals surface area contributed by atoms with Crippen LogP contribution in [-0.4, -0.2) is 76.7 Å². The van der Waals surface area contributed by atoms with Gasteiger partial charge in [0, 0.05) is 43.9 Å². The Labute approximate surface area is 196 Å². The maximum Gasteiger partial charge on any atom is 0.254 e. The SMILES string of the molecule is O=C(NCCN1CCOCC1)c1cnn(-c2nccc(-c3ccc4c(c3)OCO4)n2)c1C1CC1. The first kappa shape index (κ1) is 21.1. The molecule has 1 saturated carbocycles. The molecule has 10 nitrogen and oxygen atoms in total. The highest BCUT2D eigenvalue weighted by Crippen LogP contribution is 2.42. The number of nitrogens with one attached hydrogen (secondary N) is 1. The molecule has 1 amide bonds. The van der Waals surface area contributed by atoms with Crippen molar-refractivity contribution in [1.82, 2.24) is 30.0 Å². The zero-order valence-electron chi connectivity index (χ0n) is 18.8. The van der Waals surface area contributed by atoms with Crippen molar-refractivity contribution in [2.45, 2.75) is 18.8 Å². The average Bonchev–Trinajstić information content (AvgIpc) is 3.43. The van der Waals surface area contributed by atoms with E-state index >= 15 is 0 Å². The van der Waals surface area contributed by atoms with E-state index in [0.717, 1.165) is 68.4 Å². The third-order valence-corrected chi connectivity index (χ3v) is 6.33. The largest absolute Gasteiger partial charge is 0.454 e. The normalized spacial score (nSPS) is 17.6. The Kier molecular flexibility index (Phi) is 5.60. The molecule has 0 unspecified atom stereocenters. The maximum atomic E-state index is 13.0. The predicted octanol–water partition coefficient (Wildman–Crippen LogP) is 2.00. The van der Waals surface area contributed by atoms with E-state index in [0.29, 0.717) is 29.7 Å². The lowest BCUT2D eigenvalue weighted by molar-refractivity contribution is 0.0383. The number of nitrogens with zero attached hydrogens (tertiary/aromatic N) is 5. The maximum absolute atomic E-state index is 13.0. The molecule has 0 spiro atoms. The van der Waals surface area contributed by atoms with Gasteiger partial charge in [0.25, 0.3) is 11.9 Å². The summed E-state index contributed by atoms with van der Waals surface area (Å²) in [6, 6.07) is 7.58. The predicted molar refractivity (Wildman–Crippen MR) is 122 cm³/mol. The quantitative estimate of drug-likeness (QED) is 0.569. The molecule has 0 atom stereocenters. The summed E-state index contributed by atoms with van der Waals surface area (Å²) in [7, 11) is 0. The van der Waals surface area contributed by atoms with E-state index in [9.17, 15) is 4.79 Å². The lowest BCUT2D eigenvalue weighted by Gasteiger charge is -2.26. The average molecular weight is 463 g/mol. The summed E-state index contributed by atoms with van der Waals surface area (Å²) in [5, 5.41) is 7.57. The van der Waals surface area contributed by atoms with Crippen LogP contribution in [0.2, 0.25) is 0 Å². The summed E-state index contributed by atoms with van der Waals surface area (Å²) >= 11 is 0. The molecule has 4 heterocycles. The van der Waals surface area contributed by atoms with Gasteiger partial charge in [0.1, 0.15) is 0 Å². The number of hydrogen-bond acceptors (Lipinski definition) is 8. The van der Waals surface area contributed by atoms with Crippen molar-refractivity contribution in [2.75, 3.05) is 46.2 Å². The van der Waals surface area contributed by atoms with Gasteiger partial charge in [-0.15, -0.1) is 0 Å². The Hall–Kier alpha value is -3.50. The second kappa shape index (κ2) is 9.03. The molecule has 2 fully saturated rings. The van der Waals surface area contributed by atoms with Crippen LogP contribution < -0.4 is 14.8 Å². The van der Waals surface area contributed by atoms with Crippen molar-refractivity contribution in [3.8, 4) is 28.7 Å². The molecule has 176 valence electrons. The van der Waals surface area contributed by atoms with Crippen LogP contribution in [-0.2, 0) is 4.74 Å². The number of carbonyl (C=O) groups excluding carboxylic acids is 1. The lowest BCUT2D eigenvalue weighted by Crippen LogP contribution is -2.41. The van der Waals surface area contributed by atoms with E-state index < -0.39 is 0 Å². The molecule has 6 rings (SSSR count). The number of rotatable bonds is 7. The molecule has 3 aliphatic rings. The highest BCUT2D eigenvalue weighted by atomic mass is 16.7. The minimum absolute atomic E-state index is 0.103. The van der Waals surface area contributed by atoms with Crippen LogP contribution in [0.3, 0.4) is 0 Å². The number of fused-ring (bicyclic) bond motifs is 1. The Morgan fingerprint density at radius 3 is 2.82 bits per heavy atom. The Bertz CT molecular complexity index is 1200. The third kappa shape index (κ3) is 4.22. The second-order valence-corrected chi connectivity index (χ2v) is 8.65. The Morgan fingerprint density at radius 2 is 1.97 bits per heavy atom. The number of amides is 1. The summed E-state index contributed by atoms with van der Waals surface area (Å²) < 4.78 is 18.0. The molecule has 3 aromatic rings. The minimum atomic E-state index is -0.103. The Balaban J connectivity index is 1.22. The fourth-order valence-corrected chi connectivity index (χ4v) is 4.36. The summed E-state index contributed by atoms with van der Waals surface area (Å²) in [6.45, 7) is 4.92.